The monoisotopic (exact) mass is 337 g/mol. The van der Waals surface area contributed by atoms with Gasteiger partial charge < -0.3 is 0 Å². The van der Waals surface area contributed by atoms with E-state index in [4.69, 9.17) is 10.5 Å². The first-order chi connectivity index (χ1) is 11.6. The van der Waals surface area contributed by atoms with Gasteiger partial charge in [0, 0.05) is 24.5 Å². The van der Waals surface area contributed by atoms with Crippen molar-refractivity contribution in [3.05, 3.63) is 35.2 Å². The topological polar surface area (TPSA) is 84.0 Å². The second kappa shape index (κ2) is 6.69. The highest BCUT2D eigenvalue weighted by atomic mass is 32.1. The molecule has 24 heavy (non-hydrogen) atoms. The molecule has 7 heteroatoms. The average Bonchev–Trinajstić information content (AvgIpc) is 3.29. The fourth-order valence-electron chi connectivity index (χ4n) is 2.76. The Morgan fingerprint density at radius 2 is 2.29 bits per heavy atom. The van der Waals surface area contributed by atoms with E-state index in [1.807, 2.05) is 17.5 Å². The first-order valence-corrected chi connectivity index (χ1v) is 8.42. The summed E-state index contributed by atoms with van der Waals surface area (Å²) in [6.07, 6.45) is 3.63. The fourth-order valence-corrected chi connectivity index (χ4v) is 3.56. The number of amides is 1. The van der Waals surface area contributed by atoms with Crippen LogP contribution in [0.25, 0.3) is 11.3 Å². The highest BCUT2D eigenvalue weighted by Crippen LogP contribution is 2.29. The van der Waals surface area contributed by atoms with E-state index in [0.717, 1.165) is 17.7 Å². The van der Waals surface area contributed by atoms with Gasteiger partial charge in [0.05, 0.1) is 17.3 Å². The van der Waals surface area contributed by atoms with Gasteiger partial charge in [0.2, 0.25) is 0 Å². The second-order valence-corrected chi connectivity index (χ2v) is 6.39. The number of nitriles is 2. The maximum Gasteiger partial charge on any atom is 0.251 e. The molecule has 1 aliphatic heterocycles. The van der Waals surface area contributed by atoms with Gasteiger partial charge in [-0.05, 0) is 25.0 Å². The number of anilines is 1. The number of hydrogen-bond donors (Lipinski definition) is 0. The van der Waals surface area contributed by atoms with Crippen LogP contribution in [0.1, 0.15) is 18.4 Å². The van der Waals surface area contributed by atoms with Crippen molar-refractivity contribution in [3.8, 4) is 23.5 Å². The van der Waals surface area contributed by atoms with Crippen LogP contribution in [0.15, 0.2) is 29.6 Å². The molecule has 1 amide bonds. The molecule has 0 saturated carbocycles. The SMILES string of the molecule is CN(C(=O)C1CCCN1C#N)c1nc(-c2cccc(C#N)c2)cs1. The number of thiazole rings is 1. The maximum atomic E-state index is 12.6. The third-order valence-electron chi connectivity index (χ3n) is 4.06. The highest BCUT2D eigenvalue weighted by Gasteiger charge is 2.33. The average molecular weight is 337 g/mol. The Hall–Kier alpha value is -2.90. The number of carbonyl (C=O) groups excluding carboxylic acids is 1. The molecule has 1 aliphatic rings. The molecule has 1 atom stereocenters. The number of likely N-dealkylation sites (tertiary alicyclic amines) is 1. The Morgan fingerprint density at radius 3 is 3.04 bits per heavy atom. The van der Waals surface area contributed by atoms with Crippen LogP contribution in [0.5, 0.6) is 0 Å². The molecule has 0 aliphatic carbocycles. The second-order valence-electron chi connectivity index (χ2n) is 5.56. The molecule has 0 spiro atoms. The van der Waals surface area contributed by atoms with Crippen molar-refractivity contribution in [2.75, 3.05) is 18.5 Å². The lowest BCUT2D eigenvalue weighted by Crippen LogP contribution is -2.42. The number of carbonyl (C=O) groups is 1. The largest absolute Gasteiger partial charge is 0.298 e. The molecule has 2 heterocycles. The van der Waals surface area contributed by atoms with E-state index in [0.29, 0.717) is 23.7 Å². The summed E-state index contributed by atoms with van der Waals surface area (Å²) in [5, 5.41) is 20.6. The van der Waals surface area contributed by atoms with Crippen molar-refractivity contribution < 1.29 is 4.79 Å². The van der Waals surface area contributed by atoms with Crippen LogP contribution in [0.2, 0.25) is 0 Å². The number of aromatic nitrogens is 1. The van der Waals surface area contributed by atoms with Crippen LogP contribution in [-0.2, 0) is 4.79 Å². The van der Waals surface area contributed by atoms with Crippen LogP contribution in [0, 0.1) is 22.8 Å². The normalized spacial score (nSPS) is 16.5. The van der Waals surface area contributed by atoms with E-state index < -0.39 is 6.04 Å². The zero-order valence-corrected chi connectivity index (χ0v) is 14.0. The molecule has 0 radical (unpaired) electrons. The Kier molecular flexibility index (Phi) is 4.45. The predicted molar refractivity (Wildman–Crippen MR) is 91.0 cm³/mol. The van der Waals surface area contributed by atoms with Crippen molar-refractivity contribution >= 4 is 22.4 Å². The van der Waals surface area contributed by atoms with Crippen LogP contribution < -0.4 is 4.90 Å². The van der Waals surface area contributed by atoms with Crippen molar-refractivity contribution in [1.82, 2.24) is 9.88 Å². The first-order valence-electron chi connectivity index (χ1n) is 7.54. The van der Waals surface area contributed by atoms with Crippen molar-refractivity contribution in [1.29, 1.82) is 10.5 Å². The molecule has 0 bridgehead atoms. The predicted octanol–water partition coefficient (Wildman–Crippen LogP) is 2.59. The molecule has 6 nitrogen and oxygen atoms in total. The van der Waals surface area contributed by atoms with Crippen LogP contribution >= 0.6 is 11.3 Å². The Morgan fingerprint density at radius 1 is 1.46 bits per heavy atom. The summed E-state index contributed by atoms with van der Waals surface area (Å²) in [4.78, 5) is 20.2. The van der Waals surface area contributed by atoms with Gasteiger partial charge >= 0.3 is 0 Å². The summed E-state index contributed by atoms with van der Waals surface area (Å²) in [5.41, 5.74) is 2.15. The van der Waals surface area contributed by atoms with Crippen molar-refractivity contribution in [2.24, 2.45) is 0 Å². The van der Waals surface area contributed by atoms with E-state index >= 15 is 0 Å². The summed E-state index contributed by atoms with van der Waals surface area (Å²) < 4.78 is 0. The Bertz CT molecular complexity index is 847. The van der Waals surface area contributed by atoms with Gasteiger partial charge in [0.15, 0.2) is 11.3 Å². The number of likely N-dealkylation sites (N-methyl/N-ethyl adjacent to an activating group) is 1. The van der Waals surface area contributed by atoms with Gasteiger partial charge in [-0.1, -0.05) is 12.1 Å². The van der Waals surface area contributed by atoms with Gasteiger partial charge in [0.1, 0.15) is 6.04 Å². The molecule has 1 aromatic heterocycles. The third-order valence-corrected chi connectivity index (χ3v) is 4.98. The van der Waals surface area contributed by atoms with Crippen LogP contribution in [0.4, 0.5) is 5.13 Å². The molecule has 1 fully saturated rings. The molecular formula is C17H15N5OS. The number of hydrogen-bond acceptors (Lipinski definition) is 6. The minimum absolute atomic E-state index is 0.110. The summed E-state index contributed by atoms with van der Waals surface area (Å²) in [7, 11) is 1.69. The maximum absolute atomic E-state index is 12.6. The molecule has 120 valence electrons. The first kappa shape index (κ1) is 16.0. The fraction of sp³-hybridized carbons (Fsp3) is 0.294. The minimum atomic E-state index is -0.394. The van der Waals surface area contributed by atoms with E-state index in [-0.39, 0.29) is 5.91 Å². The van der Waals surface area contributed by atoms with E-state index in [1.54, 1.807) is 19.2 Å². The highest BCUT2D eigenvalue weighted by molar-refractivity contribution is 7.14. The number of nitrogens with zero attached hydrogens (tertiary/aromatic N) is 5. The Balaban J connectivity index is 1.81. The van der Waals surface area contributed by atoms with E-state index in [9.17, 15) is 4.79 Å². The molecule has 2 aromatic rings. The van der Waals surface area contributed by atoms with Gasteiger partial charge in [-0.3, -0.25) is 14.6 Å². The molecule has 1 unspecified atom stereocenters. The van der Waals surface area contributed by atoms with Crippen LogP contribution in [0.3, 0.4) is 0 Å². The van der Waals surface area contributed by atoms with Gasteiger partial charge in [-0.15, -0.1) is 11.3 Å². The van der Waals surface area contributed by atoms with Gasteiger partial charge in [-0.25, -0.2) is 4.98 Å². The Labute approximate surface area is 144 Å². The summed E-state index contributed by atoms with van der Waals surface area (Å²) >= 11 is 1.37. The standard InChI is InChI=1S/C17H15N5OS/c1-21(16(23)15-6-3-7-22(15)11-19)17-20-14(10-24-17)13-5-2-4-12(8-13)9-18/h2,4-5,8,10,15H,3,6-7H2,1H3. The molecule has 1 saturated heterocycles. The van der Waals surface area contributed by atoms with E-state index in [1.165, 1.54) is 21.1 Å². The smallest absolute Gasteiger partial charge is 0.251 e. The van der Waals surface area contributed by atoms with Gasteiger partial charge in [-0.2, -0.15) is 10.5 Å². The van der Waals surface area contributed by atoms with Crippen molar-refractivity contribution in [3.63, 3.8) is 0 Å². The lowest BCUT2D eigenvalue weighted by Gasteiger charge is -2.22. The van der Waals surface area contributed by atoms with Gasteiger partial charge in [0.25, 0.3) is 5.91 Å². The van der Waals surface area contributed by atoms with E-state index in [2.05, 4.69) is 17.2 Å². The lowest BCUT2D eigenvalue weighted by molar-refractivity contribution is -0.121. The minimum Gasteiger partial charge on any atom is -0.298 e. The lowest BCUT2D eigenvalue weighted by atomic mass is 10.1. The van der Waals surface area contributed by atoms with Crippen molar-refractivity contribution in [2.45, 2.75) is 18.9 Å². The third kappa shape index (κ3) is 2.94. The number of benzene rings is 1. The van der Waals surface area contributed by atoms with Crippen LogP contribution in [-0.4, -0.2) is 35.4 Å². The molecule has 3 rings (SSSR count). The quantitative estimate of drug-likeness (QED) is 0.804. The molecular weight excluding hydrogens is 322 g/mol. The number of rotatable bonds is 3. The zero-order chi connectivity index (χ0) is 17.1. The zero-order valence-electron chi connectivity index (χ0n) is 13.1. The summed E-state index contributed by atoms with van der Waals surface area (Å²) in [5.74, 6) is -0.110. The molecule has 1 aromatic carbocycles. The summed E-state index contributed by atoms with van der Waals surface area (Å²) in [6.45, 7) is 0.630. The summed E-state index contributed by atoms with van der Waals surface area (Å²) in [6, 6.07) is 8.92. The molecule has 0 N–H and O–H groups in total.